The Kier molecular flexibility index (Phi) is 3.54. The molecule has 0 saturated heterocycles. The van der Waals surface area contributed by atoms with Gasteiger partial charge in [-0.2, -0.15) is 0 Å². The number of aromatic nitrogens is 1. The van der Waals surface area contributed by atoms with Crippen LogP contribution in [0.3, 0.4) is 0 Å². The van der Waals surface area contributed by atoms with Gasteiger partial charge in [-0.1, -0.05) is 19.6 Å². The van der Waals surface area contributed by atoms with Gasteiger partial charge in [0.25, 0.3) is 0 Å². The van der Waals surface area contributed by atoms with Crippen LogP contribution in [0.4, 0.5) is 8.78 Å². The van der Waals surface area contributed by atoms with Crippen molar-refractivity contribution in [3.8, 4) is 11.3 Å². The molecule has 0 aliphatic carbocycles. The number of hydrogen-bond acceptors (Lipinski definition) is 1. The second-order valence-electron chi connectivity index (χ2n) is 5.75. The Morgan fingerprint density at radius 2 is 1.74 bits per heavy atom. The van der Waals surface area contributed by atoms with E-state index in [2.05, 4.69) is 4.98 Å². The molecule has 2 aromatic rings. The lowest BCUT2D eigenvalue weighted by Crippen LogP contribution is -2.42. The van der Waals surface area contributed by atoms with Crippen LogP contribution in [-0.2, 0) is 0 Å². The van der Waals surface area contributed by atoms with Crippen LogP contribution in [0.1, 0.15) is 5.56 Å². The highest BCUT2D eigenvalue weighted by molar-refractivity contribution is 6.88. The Balaban J connectivity index is 2.67. The molecular weight excluding hydrogens is 260 g/mol. The predicted octanol–water partition coefficient (Wildman–Crippen LogP) is 3.88. The van der Waals surface area contributed by atoms with Gasteiger partial charge in [-0.3, -0.25) is 4.98 Å². The first-order valence-electron chi connectivity index (χ1n) is 6.22. The van der Waals surface area contributed by atoms with E-state index < -0.39 is 19.7 Å². The van der Waals surface area contributed by atoms with Crippen molar-refractivity contribution >= 4 is 13.3 Å². The summed E-state index contributed by atoms with van der Waals surface area (Å²) in [6, 6.07) is 6.47. The average Bonchev–Trinajstić information content (AvgIpc) is 2.27. The van der Waals surface area contributed by atoms with Crippen molar-refractivity contribution in [2.75, 3.05) is 0 Å². The van der Waals surface area contributed by atoms with E-state index in [0.717, 1.165) is 5.56 Å². The van der Waals surface area contributed by atoms with E-state index in [1.165, 1.54) is 12.1 Å². The largest absolute Gasteiger partial charge is 0.256 e. The maximum Gasteiger partial charge on any atom is 0.134 e. The van der Waals surface area contributed by atoms with Gasteiger partial charge < -0.3 is 0 Å². The van der Waals surface area contributed by atoms with Gasteiger partial charge in [0.2, 0.25) is 0 Å². The molecule has 19 heavy (non-hydrogen) atoms. The molecule has 1 heterocycles. The molecule has 0 aliphatic rings. The lowest BCUT2D eigenvalue weighted by molar-refractivity contribution is 0.598. The molecule has 100 valence electrons. The number of hydrogen-bond donors (Lipinski definition) is 0. The lowest BCUT2D eigenvalue weighted by atomic mass is 10.1. The molecule has 0 amide bonds. The van der Waals surface area contributed by atoms with Crippen molar-refractivity contribution < 1.29 is 8.78 Å². The summed E-state index contributed by atoms with van der Waals surface area (Å²) < 4.78 is 28.5. The minimum atomic E-state index is -2.08. The lowest BCUT2D eigenvalue weighted by Gasteiger charge is -2.20. The minimum absolute atomic E-state index is 0.244. The van der Waals surface area contributed by atoms with Gasteiger partial charge in [0, 0.05) is 16.9 Å². The maximum atomic E-state index is 14.6. The zero-order chi connectivity index (χ0) is 14.2. The van der Waals surface area contributed by atoms with E-state index in [-0.39, 0.29) is 5.19 Å². The van der Waals surface area contributed by atoms with Crippen molar-refractivity contribution in [3.63, 3.8) is 0 Å². The molecule has 1 nitrogen and oxygen atoms in total. The van der Waals surface area contributed by atoms with Crippen LogP contribution in [0.2, 0.25) is 19.6 Å². The Labute approximate surface area is 113 Å². The van der Waals surface area contributed by atoms with Gasteiger partial charge in [-0.25, -0.2) is 8.78 Å². The van der Waals surface area contributed by atoms with Crippen LogP contribution in [0, 0.1) is 18.6 Å². The molecule has 0 N–H and O–H groups in total. The summed E-state index contributed by atoms with van der Waals surface area (Å²) in [5, 5.41) is 0.244. The molecule has 1 aromatic heterocycles. The quantitative estimate of drug-likeness (QED) is 0.759. The SMILES string of the molecule is Cc1ccnc(-c2ccc(F)c([Si](C)(C)C)c2F)c1. The summed E-state index contributed by atoms with van der Waals surface area (Å²) in [6.45, 7) is 7.72. The molecular formula is C15H17F2NSi. The fourth-order valence-corrected chi connectivity index (χ4v) is 3.71. The van der Waals surface area contributed by atoms with Gasteiger partial charge in [-0.05, 0) is 36.8 Å². The molecule has 0 atom stereocenters. The highest BCUT2D eigenvalue weighted by Crippen LogP contribution is 2.23. The minimum Gasteiger partial charge on any atom is -0.256 e. The van der Waals surface area contributed by atoms with Crippen LogP contribution in [0.5, 0.6) is 0 Å². The van der Waals surface area contributed by atoms with Crippen molar-refractivity contribution in [1.29, 1.82) is 0 Å². The molecule has 4 heteroatoms. The second kappa shape index (κ2) is 4.85. The number of nitrogens with zero attached hydrogens (tertiary/aromatic N) is 1. The van der Waals surface area contributed by atoms with Gasteiger partial charge in [0.05, 0.1) is 13.8 Å². The third-order valence-electron chi connectivity index (χ3n) is 3.03. The number of benzene rings is 1. The fraction of sp³-hybridized carbons (Fsp3) is 0.267. The van der Waals surface area contributed by atoms with Gasteiger partial charge >= 0.3 is 0 Å². The van der Waals surface area contributed by atoms with Crippen LogP contribution in [0.15, 0.2) is 30.5 Å². The maximum absolute atomic E-state index is 14.6. The van der Waals surface area contributed by atoms with E-state index in [4.69, 9.17) is 0 Å². The highest BCUT2D eigenvalue weighted by Gasteiger charge is 2.27. The third-order valence-corrected chi connectivity index (χ3v) is 4.99. The summed E-state index contributed by atoms with van der Waals surface area (Å²) in [4.78, 5) is 4.18. The topological polar surface area (TPSA) is 12.9 Å². The molecule has 0 bridgehead atoms. The summed E-state index contributed by atoms with van der Waals surface area (Å²) >= 11 is 0. The Bertz CT molecular complexity index is 618. The summed E-state index contributed by atoms with van der Waals surface area (Å²) in [6.07, 6.45) is 1.64. The van der Waals surface area contributed by atoms with Crippen molar-refractivity contribution in [1.82, 2.24) is 4.98 Å². The van der Waals surface area contributed by atoms with Crippen LogP contribution >= 0.6 is 0 Å². The van der Waals surface area contributed by atoms with Crippen molar-refractivity contribution in [3.05, 3.63) is 47.7 Å². The smallest absolute Gasteiger partial charge is 0.134 e. The molecule has 0 spiro atoms. The highest BCUT2D eigenvalue weighted by atomic mass is 28.3. The fourth-order valence-electron chi connectivity index (χ4n) is 2.12. The van der Waals surface area contributed by atoms with Gasteiger partial charge in [0.15, 0.2) is 0 Å². The van der Waals surface area contributed by atoms with E-state index in [1.807, 2.05) is 38.7 Å². The van der Waals surface area contributed by atoms with Crippen LogP contribution in [-0.4, -0.2) is 13.1 Å². The van der Waals surface area contributed by atoms with E-state index in [0.29, 0.717) is 11.3 Å². The molecule has 0 radical (unpaired) electrons. The number of halogens is 2. The first-order chi connectivity index (χ1) is 8.80. The number of pyridine rings is 1. The van der Waals surface area contributed by atoms with E-state index in [9.17, 15) is 8.78 Å². The molecule has 0 fully saturated rings. The summed E-state index contributed by atoms with van der Waals surface area (Å²) in [7, 11) is -2.08. The van der Waals surface area contributed by atoms with E-state index in [1.54, 1.807) is 6.20 Å². The zero-order valence-electron chi connectivity index (χ0n) is 11.6. The molecule has 0 saturated carbocycles. The Morgan fingerprint density at radius 3 is 2.32 bits per heavy atom. The first kappa shape index (κ1) is 13.9. The number of rotatable bonds is 2. The van der Waals surface area contributed by atoms with Gasteiger partial charge in [0.1, 0.15) is 11.6 Å². The Morgan fingerprint density at radius 1 is 1.05 bits per heavy atom. The molecule has 2 rings (SSSR count). The summed E-state index contributed by atoms with van der Waals surface area (Å²) in [5.41, 5.74) is 1.93. The van der Waals surface area contributed by atoms with Gasteiger partial charge in [-0.15, -0.1) is 0 Å². The van der Waals surface area contributed by atoms with E-state index >= 15 is 0 Å². The van der Waals surface area contributed by atoms with Crippen LogP contribution < -0.4 is 5.19 Å². The summed E-state index contributed by atoms with van der Waals surface area (Å²) in [5.74, 6) is -0.912. The number of aryl methyl sites for hydroxylation is 1. The van der Waals surface area contributed by atoms with Crippen LogP contribution in [0.25, 0.3) is 11.3 Å². The Hall–Kier alpha value is -1.55. The van der Waals surface area contributed by atoms with Crippen molar-refractivity contribution in [2.24, 2.45) is 0 Å². The predicted molar refractivity (Wildman–Crippen MR) is 77.3 cm³/mol. The molecule has 0 unspecified atom stereocenters. The first-order valence-corrected chi connectivity index (χ1v) is 9.72. The third kappa shape index (κ3) is 2.73. The average molecular weight is 277 g/mol. The zero-order valence-corrected chi connectivity index (χ0v) is 12.6. The standard InChI is InChI=1S/C15H17F2NSi/c1-10-7-8-18-13(9-10)11-5-6-12(16)15(14(11)17)19(2,3)4/h5-9H,1-4H3. The van der Waals surface area contributed by atoms with Crippen molar-refractivity contribution in [2.45, 2.75) is 26.6 Å². The molecule has 0 aliphatic heterocycles. The normalized spacial score (nSPS) is 11.7. The molecule has 1 aromatic carbocycles. The monoisotopic (exact) mass is 277 g/mol. The second-order valence-corrected chi connectivity index (χ2v) is 10.8.